The van der Waals surface area contributed by atoms with E-state index in [2.05, 4.69) is 6.58 Å². The van der Waals surface area contributed by atoms with Crippen molar-refractivity contribution in [2.75, 3.05) is 0 Å². The van der Waals surface area contributed by atoms with Gasteiger partial charge in [-0.05, 0) is 36.7 Å². The van der Waals surface area contributed by atoms with E-state index in [9.17, 15) is 19.8 Å². The summed E-state index contributed by atoms with van der Waals surface area (Å²) < 4.78 is 5.29. The molecule has 0 aromatic rings. The number of hydrogen-bond acceptors (Lipinski definition) is 4. The van der Waals surface area contributed by atoms with Gasteiger partial charge in [-0.25, -0.2) is 4.79 Å². The molecule has 22 heavy (non-hydrogen) atoms. The Hall–Kier alpha value is -1.62. The third-order valence-corrected chi connectivity index (χ3v) is 3.91. The number of aliphatic hydroxyl groups excluding tert-OH is 1. The molecule has 0 radical (unpaired) electrons. The van der Waals surface area contributed by atoms with Crippen molar-refractivity contribution >= 4 is 11.9 Å². The highest BCUT2D eigenvalue weighted by molar-refractivity contribution is 5.86. The molecule has 5 heteroatoms. The van der Waals surface area contributed by atoms with Gasteiger partial charge in [0.15, 0.2) is 0 Å². The maximum absolute atomic E-state index is 11.4. The molecule has 0 heterocycles. The molecule has 1 rings (SSSR count). The van der Waals surface area contributed by atoms with Gasteiger partial charge in [0.05, 0.1) is 6.10 Å². The van der Waals surface area contributed by atoms with Gasteiger partial charge in [0.1, 0.15) is 6.10 Å². The van der Waals surface area contributed by atoms with Crippen LogP contribution in [-0.2, 0) is 14.3 Å². The molecule has 0 spiro atoms. The van der Waals surface area contributed by atoms with E-state index in [1.54, 1.807) is 6.08 Å². The van der Waals surface area contributed by atoms with Gasteiger partial charge in [0, 0.05) is 18.9 Å². The van der Waals surface area contributed by atoms with Crippen molar-refractivity contribution in [2.45, 2.75) is 65.1 Å². The highest BCUT2D eigenvalue weighted by Gasteiger charge is 2.30. The predicted octanol–water partition coefficient (Wildman–Crippen LogP) is 2.84. The summed E-state index contributed by atoms with van der Waals surface area (Å²) in [7, 11) is 0. The zero-order valence-electron chi connectivity index (χ0n) is 13.6. The van der Waals surface area contributed by atoms with Gasteiger partial charge in [0.25, 0.3) is 0 Å². The number of esters is 1. The van der Waals surface area contributed by atoms with Crippen molar-refractivity contribution < 1.29 is 24.5 Å². The number of ether oxygens (including phenoxy) is 1. The molecule has 0 aromatic carbocycles. The molecule has 0 unspecified atom stereocenters. The lowest BCUT2D eigenvalue weighted by molar-refractivity contribution is -0.148. The SMILES string of the molecule is C=C1CC/C=C(\C(=O)O)C[C@@H](OC(C)=O)CC(C)(C)C[C@H]1O. The van der Waals surface area contributed by atoms with Gasteiger partial charge < -0.3 is 14.9 Å². The molecular formula is C17H26O5. The van der Waals surface area contributed by atoms with Crippen LogP contribution in [0.25, 0.3) is 0 Å². The Kier molecular flexibility index (Phi) is 6.35. The van der Waals surface area contributed by atoms with Crippen LogP contribution in [0.4, 0.5) is 0 Å². The summed E-state index contributed by atoms with van der Waals surface area (Å²) in [6.07, 6.45) is 2.72. The highest BCUT2D eigenvalue weighted by Crippen LogP contribution is 2.34. The molecule has 0 amide bonds. The molecule has 0 fully saturated rings. The van der Waals surface area contributed by atoms with Crippen molar-refractivity contribution in [3.05, 3.63) is 23.8 Å². The highest BCUT2D eigenvalue weighted by atomic mass is 16.5. The minimum atomic E-state index is -1.000. The van der Waals surface area contributed by atoms with Crippen LogP contribution in [0, 0.1) is 5.41 Å². The lowest BCUT2D eigenvalue weighted by Crippen LogP contribution is -2.29. The minimum absolute atomic E-state index is 0.181. The summed E-state index contributed by atoms with van der Waals surface area (Å²) in [6.45, 7) is 9.16. The molecule has 2 atom stereocenters. The van der Waals surface area contributed by atoms with Gasteiger partial charge in [-0.15, -0.1) is 0 Å². The molecule has 5 nitrogen and oxygen atoms in total. The first kappa shape index (κ1) is 18.4. The van der Waals surface area contributed by atoms with Crippen LogP contribution in [0.3, 0.4) is 0 Å². The van der Waals surface area contributed by atoms with Crippen LogP contribution < -0.4 is 0 Å². The van der Waals surface area contributed by atoms with Crippen LogP contribution >= 0.6 is 0 Å². The lowest BCUT2D eigenvalue weighted by atomic mass is 9.79. The van der Waals surface area contributed by atoms with Gasteiger partial charge in [-0.3, -0.25) is 4.79 Å². The number of hydrogen-bond donors (Lipinski definition) is 2. The molecule has 0 saturated heterocycles. The van der Waals surface area contributed by atoms with Crippen LogP contribution in [0.1, 0.15) is 52.9 Å². The van der Waals surface area contributed by atoms with E-state index in [1.807, 2.05) is 13.8 Å². The number of carbonyl (C=O) groups excluding carboxylic acids is 1. The Morgan fingerprint density at radius 3 is 2.55 bits per heavy atom. The summed E-state index contributed by atoms with van der Waals surface area (Å²) in [5.74, 6) is -1.43. The second-order valence-corrected chi connectivity index (χ2v) is 6.76. The third-order valence-electron chi connectivity index (χ3n) is 3.91. The third kappa shape index (κ3) is 6.02. The van der Waals surface area contributed by atoms with E-state index in [1.165, 1.54) is 6.92 Å². The number of carbonyl (C=O) groups is 2. The normalized spacial score (nSPS) is 28.9. The number of carboxylic acids is 1. The first-order valence-corrected chi connectivity index (χ1v) is 7.56. The standard InChI is InChI=1S/C17H26O5/c1-11-6-5-7-13(16(20)21)8-14(22-12(2)18)9-17(3,4)10-15(11)19/h7,14-15,19H,1,5-6,8-10H2,2-4H3,(H,20,21)/b13-7-/t14-,15-/m1/s1. The zero-order chi connectivity index (χ0) is 16.9. The number of aliphatic carboxylic acids is 1. The molecule has 2 N–H and O–H groups in total. The summed E-state index contributed by atoms with van der Waals surface area (Å²) in [5.41, 5.74) is 0.655. The van der Waals surface area contributed by atoms with E-state index in [0.717, 1.165) is 0 Å². The lowest BCUT2D eigenvalue weighted by Gasteiger charge is -2.31. The average Bonchev–Trinajstić information content (AvgIpc) is 2.35. The van der Waals surface area contributed by atoms with Crippen molar-refractivity contribution in [1.82, 2.24) is 0 Å². The number of aliphatic hydroxyl groups is 1. The maximum Gasteiger partial charge on any atom is 0.331 e. The average molecular weight is 310 g/mol. The van der Waals surface area contributed by atoms with Gasteiger partial charge >= 0.3 is 11.9 Å². The Labute approximate surface area is 131 Å². The Morgan fingerprint density at radius 1 is 1.36 bits per heavy atom. The van der Waals surface area contributed by atoms with E-state index < -0.39 is 24.1 Å². The molecule has 1 aliphatic carbocycles. The van der Waals surface area contributed by atoms with Crippen LogP contribution in [-0.4, -0.2) is 34.4 Å². The first-order chi connectivity index (χ1) is 10.1. The van der Waals surface area contributed by atoms with Crippen molar-refractivity contribution in [1.29, 1.82) is 0 Å². The molecule has 1 aliphatic rings. The first-order valence-electron chi connectivity index (χ1n) is 7.56. The molecule has 0 bridgehead atoms. The molecule has 0 aliphatic heterocycles. The summed E-state index contributed by atoms with van der Waals surface area (Å²) in [6, 6.07) is 0. The van der Waals surface area contributed by atoms with Crippen molar-refractivity contribution in [3.63, 3.8) is 0 Å². The molecule has 0 saturated carbocycles. The predicted molar refractivity (Wildman–Crippen MR) is 83.3 cm³/mol. The largest absolute Gasteiger partial charge is 0.478 e. The van der Waals surface area contributed by atoms with Crippen LogP contribution in [0.2, 0.25) is 0 Å². The fraction of sp³-hybridized carbons (Fsp3) is 0.647. The second-order valence-electron chi connectivity index (χ2n) is 6.76. The van der Waals surface area contributed by atoms with E-state index >= 15 is 0 Å². The second kappa shape index (κ2) is 7.58. The van der Waals surface area contributed by atoms with Gasteiger partial charge in [0.2, 0.25) is 0 Å². The Balaban J connectivity index is 3.06. The molecule has 124 valence electrons. The Morgan fingerprint density at radius 2 is 2.00 bits per heavy atom. The van der Waals surface area contributed by atoms with Crippen LogP contribution in [0.5, 0.6) is 0 Å². The number of rotatable bonds is 2. The van der Waals surface area contributed by atoms with Crippen molar-refractivity contribution in [2.24, 2.45) is 5.41 Å². The van der Waals surface area contributed by atoms with Gasteiger partial charge in [-0.2, -0.15) is 0 Å². The summed E-state index contributed by atoms with van der Waals surface area (Å²) in [5, 5.41) is 19.5. The smallest absolute Gasteiger partial charge is 0.331 e. The fourth-order valence-electron chi connectivity index (χ4n) is 2.86. The summed E-state index contributed by atoms with van der Waals surface area (Å²) >= 11 is 0. The van der Waals surface area contributed by atoms with E-state index in [-0.39, 0.29) is 17.4 Å². The number of carboxylic acid groups (broad SMARTS) is 1. The topological polar surface area (TPSA) is 83.8 Å². The number of allylic oxidation sites excluding steroid dienone is 1. The monoisotopic (exact) mass is 310 g/mol. The minimum Gasteiger partial charge on any atom is -0.478 e. The molecule has 0 aromatic heterocycles. The maximum atomic E-state index is 11.4. The quantitative estimate of drug-likeness (QED) is 0.605. The van der Waals surface area contributed by atoms with E-state index in [4.69, 9.17) is 4.74 Å². The zero-order valence-corrected chi connectivity index (χ0v) is 13.6. The van der Waals surface area contributed by atoms with Crippen LogP contribution in [0.15, 0.2) is 23.8 Å². The molecular weight excluding hydrogens is 284 g/mol. The fourth-order valence-corrected chi connectivity index (χ4v) is 2.86. The van der Waals surface area contributed by atoms with Crippen molar-refractivity contribution in [3.8, 4) is 0 Å². The van der Waals surface area contributed by atoms with E-state index in [0.29, 0.717) is 31.3 Å². The summed E-state index contributed by atoms with van der Waals surface area (Å²) in [4.78, 5) is 22.6. The van der Waals surface area contributed by atoms with Gasteiger partial charge in [-0.1, -0.05) is 26.5 Å². The Bertz CT molecular complexity index is 475.